The molecule has 0 spiro atoms. The summed E-state index contributed by atoms with van der Waals surface area (Å²) >= 11 is 0. The Bertz CT molecular complexity index is 1780. The van der Waals surface area contributed by atoms with Crippen LogP contribution in [-0.2, 0) is 0 Å². The molecule has 4 nitrogen and oxygen atoms in total. The van der Waals surface area contributed by atoms with E-state index in [0.29, 0.717) is 0 Å². The standard InChI is InChI=1S/C32H22N4/c1-3-11-24(12-4-1)36(25-13-5-2-6-14-25)26-20-18-23(19-21-26)30-32-31(27-15-7-8-16-28(27)33-30)34-29-17-9-10-22-35(29)32/h1-22H. The molecule has 3 heterocycles. The van der Waals surface area contributed by atoms with E-state index in [0.717, 1.165) is 55.9 Å². The van der Waals surface area contributed by atoms with Crippen molar-refractivity contribution in [1.82, 2.24) is 14.4 Å². The summed E-state index contributed by atoms with van der Waals surface area (Å²) in [6, 6.07) is 43.9. The van der Waals surface area contributed by atoms with Gasteiger partial charge in [0, 0.05) is 34.2 Å². The van der Waals surface area contributed by atoms with Crippen molar-refractivity contribution in [1.29, 1.82) is 0 Å². The average Bonchev–Trinajstić information content (AvgIpc) is 3.35. The molecule has 4 aromatic carbocycles. The minimum atomic E-state index is 0.919. The third kappa shape index (κ3) is 3.31. The van der Waals surface area contributed by atoms with E-state index in [-0.39, 0.29) is 0 Å². The van der Waals surface area contributed by atoms with Gasteiger partial charge in [0.25, 0.3) is 0 Å². The highest BCUT2D eigenvalue weighted by molar-refractivity contribution is 6.09. The van der Waals surface area contributed by atoms with Gasteiger partial charge in [0.2, 0.25) is 0 Å². The molecule has 7 rings (SSSR count). The number of nitrogens with zero attached hydrogens (tertiary/aromatic N) is 4. The number of pyridine rings is 2. The molecule has 0 aliphatic heterocycles. The van der Waals surface area contributed by atoms with Crippen molar-refractivity contribution >= 4 is 44.6 Å². The van der Waals surface area contributed by atoms with E-state index in [1.54, 1.807) is 0 Å². The van der Waals surface area contributed by atoms with E-state index >= 15 is 0 Å². The molecular weight excluding hydrogens is 440 g/mol. The zero-order valence-electron chi connectivity index (χ0n) is 19.5. The van der Waals surface area contributed by atoms with Gasteiger partial charge in [0.15, 0.2) is 0 Å². The van der Waals surface area contributed by atoms with Crippen LogP contribution in [0.3, 0.4) is 0 Å². The van der Waals surface area contributed by atoms with Crippen molar-refractivity contribution in [3.05, 3.63) is 134 Å². The predicted octanol–water partition coefficient (Wildman–Crippen LogP) is 8.17. The van der Waals surface area contributed by atoms with E-state index in [2.05, 4.69) is 100 Å². The Hall–Kier alpha value is -4.96. The number of imidazole rings is 1. The molecule has 4 heteroatoms. The zero-order valence-corrected chi connectivity index (χ0v) is 19.5. The number of para-hydroxylation sites is 3. The average molecular weight is 463 g/mol. The SMILES string of the molecule is c1ccc(N(c2ccccc2)c2ccc(-c3nc4ccccc4c4nc5ccccn5c34)cc2)cc1. The molecular formula is C32H22N4. The molecule has 0 radical (unpaired) electrons. The lowest BCUT2D eigenvalue weighted by Crippen LogP contribution is -2.09. The Morgan fingerprint density at radius 1 is 0.528 bits per heavy atom. The van der Waals surface area contributed by atoms with Crippen LogP contribution in [0.25, 0.3) is 38.8 Å². The molecule has 3 aromatic heterocycles. The minimum Gasteiger partial charge on any atom is -0.311 e. The summed E-state index contributed by atoms with van der Waals surface area (Å²) < 4.78 is 2.14. The summed E-state index contributed by atoms with van der Waals surface area (Å²) in [5, 5.41) is 1.07. The number of fused-ring (bicyclic) bond motifs is 5. The third-order valence-corrected chi connectivity index (χ3v) is 6.57. The maximum Gasteiger partial charge on any atom is 0.137 e. The van der Waals surface area contributed by atoms with Gasteiger partial charge in [-0.1, -0.05) is 72.8 Å². The fraction of sp³-hybridized carbons (Fsp3) is 0. The Balaban J connectivity index is 1.42. The van der Waals surface area contributed by atoms with Crippen LogP contribution in [0, 0.1) is 0 Å². The van der Waals surface area contributed by atoms with E-state index in [9.17, 15) is 0 Å². The van der Waals surface area contributed by atoms with Gasteiger partial charge in [-0.15, -0.1) is 0 Å². The van der Waals surface area contributed by atoms with Gasteiger partial charge >= 0.3 is 0 Å². The van der Waals surface area contributed by atoms with Crippen LogP contribution in [0.15, 0.2) is 134 Å². The zero-order chi connectivity index (χ0) is 23.9. The van der Waals surface area contributed by atoms with Crippen LogP contribution >= 0.6 is 0 Å². The Labute approximate surface area is 208 Å². The second-order valence-electron chi connectivity index (χ2n) is 8.77. The number of aromatic nitrogens is 3. The first-order valence-corrected chi connectivity index (χ1v) is 12.0. The van der Waals surface area contributed by atoms with Gasteiger partial charge in [-0.05, 0) is 54.6 Å². The maximum atomic E-state index is 5.11. The highest BCUT2D eigenvalue weighted by Gasteiger charge is 2.17. The first kappa shape index (κ1) is 20.4. The van der Waals surface area contributed by atoms with Crippen molar-refractivity contribution in [2.24, 2.45) is 0 Å². The van der Waals surface area contributed by atoms with Gasteiger partial charge in [-0.3, -0.25) is 4.40 Å². The van der Waals surface area contributed by atoms with Gasteiger partial charge in [0.05, 0.1) is 16.7 Å². The van der Waals surface area contributed by atoms with Crippen molar-refractivity contribution in [2.75, 3.05) is 4.90 Å². The predicted molar refractivity (Wildman–Crippen MR) is 148 cm³/mol. The summed E-state index contributed by atoms with van der Waals surface area (Å²) in [5.74, 6) is 0. The Morgan fingerprint density at radius 3 is 1.86 bits per heavy atom. The van der Waals surface area contributed by atoms with Gasteiger partial charge < -0.3 is 4.90 Å². The lowest BCUT2D eigenvalue weighted by molar-refractivity contribution is 1.22. The summed E-state index contributed by atoms with van der Waals surface area (Å²) in [4.78, 5) is 12.3. The summed E-state index contributed by atoms with van der Waals surface area (Å²) in [7, 11) is 0. The second kappa shape index (κ2) is 8.36. The van der Waals surface area contributed by atoms with Gasteiger partial charge in [-0.25, -0.2) is 9.97 Å². The first-order chi connectivity index (χ1) is 17.9. The largest absolute Gasteiger partial charge is 0.311 e. The quantitative estimate of drug-likeness (QED) is 0.264. The molecule has 0 amide bonds. The highest BCUT2D eigenvalue weighted by atomic mass is 15.1. The van der Waals surface area contributed by atoms with Crippen molar-refractivity contribution < 1.29 is 0 Å². The fourth-order valence-electron chi connectivity index (χ4n) is 4.93. The summed E-state index contributed by atoms with van der Waals surface area (Å²) in [6.45, 7) is 0. The number of rotatable bonds is 4. The summed E-state index contributed by atoms with van der Waals surface area (Å²) in [6.07, 6.45) is 2.06. The molecule has 0 atom stereocenters. The molecule has 0 aliphatic rings. The summed E-state index contributed by atoms with van der Waals surface area (Å²) in [5.41, 5.74) is 9.17. The Kier molecular flexibility index (Phi) is 4.74. The smallest absolute Gasteiger partial charge is 0.137 e. The monoisotopic (exact) mass is 462 g/mol. The molecule has 0 saturated carbocycles. The van der Waals surface area contributed by atoms with Crippen LogP contribution in [0.4, 0.5) is 17.1 Å². The second-order valence-corrected chi connectivity index (χ2v) is 8.77. The van der Waals surface area contributed by atoms with Crippen LogP contribution < -0.4 is 4.90 Å². The molecule has 0 N–H and O–H groups in total. The topological polar surface area (TPSA) is 33.4 Å². The van der Waals surface area contributed by atoms with E-state index in [1.807, 2.05) is 42.5 Å². The normalized spacial score (nSPS) is 11.3. The fourth-order valence-corrected chi connectivity index (χ4v) is 4.93. The molecule has 36 heavy (non-hydrogen) atoms. The van der Waals surface area contributed by atoms with E-state index in [1.165, 1.54) is 0 Å². The van der Waals surface area contributed by atoms with Crippen LogP contribution in [-0.4, -0.2) is 14.4 Å². The molecule has 7 aromatic rings. The van der Waals surface area contributed by atoms with Crippen molar-refractivity contribution in [2.45, 2.75) is 0 Å². The van der Waals surface area contributed by atoms with Crippen LogP contribution in [0.1, 0.15) is 0 Å². The van der Waals surface area contributed by atoms with E-state index < -0.39 is 0 Å². The molecule has 0 unspecified atom stereocenters. The Morgan fingerprint density at radius 2 is 1.14 bits per heavy atom. The molecule has 0 aliphatic carbocycles. The van der Waals surface area contributed by atoms with Crippen molar-refractivity contribution in [3.63, 3.8) is 0 Å². The van der Waals surface area contributed by atoms with Gasteiger partial charge in [0.1, 0.15) is 11.2 Å². The lowest BCUT2D eigenvalue weighted by Gasteiger charge is -2.25. The molecule has 0 fully saturated rings. The third-order valence-electron chi connectivity index (χ3n) is 6.57. The molecule has 0 bridgehead atoms. The van der Waals surface area contributed by atoms with Crippen molar-refractivity contribution in [3.8, 4) is 11.3 Å². The molecule has 0 saturated heterocycles. The maximum absolute atomic E-state index is 5.11. The number of hydrogen-bond acceptors (Lipinski definition) is 3. The minimum absolute atomic E-state index is 0.919. The number of hydrogen-bond donors (Lipinski definition) is 0. The van der Waals surface area contributed by atoms with E-state index in [4.69, 9.17) is 9.97 Å². The first-order valence-electron chi connectivity index (χ1n) is 12.0. The number of benzene rings is 4. The lowest BCUT2D eigenvalue weighted by atomic mass is 10.1. The van der Waals surface area contributed by atoms with Crippen LogP contribution in [0.2, 0.25) is 0 Å². The highest BCUT2D eigenvalue weighted by Crippen LogP contribution is 2.37. The number of anilines is 3. The van der Waals surface area contributed by atoms with Gasteiger partial charge in [-0.2, -0.15) is 0 Å². The van der Waals surface area contributed by atoms with Crippen LogP contribution in [0.5, 0.6) is 0 Å². The molecule has 170 valence electrons.